The monoisotopic (exact) mass is 263 g/mol. The van der Waals surface area contributed by atoms with Crippen LogP contribution in [0.4, 0.5) is 0 Å². The second kappa shape index (κ2) is 5.54. The van der Waals surface area contributed by atoms with E-state index in [1.807, 2.05) is 30.3 Å². The Bertz CT molecular complexity index is 418. The van der Waals surface area contributed by atoms with Crippen molar-refractivity contribution in [2.75, 3.05) is 13.1 Å². The van der Waals surface area contributed by atoms with Gasteiger partial charge in [-0.25, -0.2) is 0 Å². The first kappa shape index (κ1) is 12.4. The largest absolute Gasteiger partial charge is 0.299 e. The van der Waals surface area contributed by atoms with Crippen molar-refractivity contribution in [3.8, 4) is 0 Å². The fourth-order valence-electron chi connectivity index (χ4n) is 3.38. The molecule has 0 spiro atoms. The highest BCUT2D eigenvalue weighted by Gasteiger charge is 2.36. The maximum Gasteiger partial charge on any atom is 0.0576 e. The van der Waals surface area contributed by atoms with Crippen molar-refractivity contribution >= 4 is 10.8 Å². The predicted molar refractivity (Wildman–Crippen MR) is 75.1 cm³/mol. The summed E-state index contributed by atoms with van der Waals surface area (Å²) in [5, 5.41) is 0.349. The Kier molecular flexibility index (Phi) is 3.80. The normalized spacial score (nSPS) is 30.7. The van der Waals surface area contributed by atoms with E-state index < -0.39 is 10.8 Å². The average Bonchev–Trinajstić information content (AvgIpc) is 2.47. The minimum Gasteiger partial charge on any atom is -0.299 e. The van der Waals surface area contributed by atoms with Gasteiger partial charge in [0.1, 0.15) is 0 Å². The van der Waals surface area contributed by atoms with Crippen LogP contribution >= 0.6 is 0 Å². The van der Waals surface area contributed by atoms with Crippen molar-refractivity contribution in [2.24, 2.45) is 0 Å². The van der Waals surface area contributed by atoms with E-state index in [1.54, 1.807) is 0 Å². The topological polar surface area (TPSA) is 20.3 Å². The molecular weight excluding hydrogens is 242 g/mol. The van der Waals surface area contributed by atoms with E-state index in [1.165, 1.54) is 38.8 Å². The lowest BCUT2D eigenvalue weighted by Gasteiger charge is -2.43. The van der Waals surface area contributed by atoms with Crippen LogP contribution in [0, 0.1) is 0 Å². The number of hydrogen-bond donors (Lipinski definition) is 0. The van der Waals surface area contributed by atoms with Gasteiger partial charge in [0.15, 0.2) is 0 Å². The number of rotatable bonds is 2. The molecule has 2 aliphatic rings. The molecule has 3 heteroatoms. The zero-order valence-corrected chi connectivity index (χ0v) is 11.6. The summed E-state index contributed by atoms with van der Waals surface area (Å²) in [5.41, 5.74) is 0. The minimum absolute atomic E-state index is 0.349. The molecule has 98 valence electrons. The Morgan fingerprint density at radius 2 is 1.78 bits per heavy atom. The molecule has 2 nitrogen and oxygen atoms in total. The third-order valence-corrected chi connectivity index (χ3v) is 6.11. The van der Waals surface area contributed by atoms with Gasteiger partial charge in [-0.2, -0.15) is 0 Å². The molecular formula is C15H21NOS. The number of fused-ring (bicyclic) bond motifs is 1. The maximum atomic E-state index is 12.7. The predicted octanol–water partition coefficient (Wildman–Crippen LogP) is 2.81. The minimum atomic E-state index is -0.830. The Labute approximate surface area is 112 Å². The van der Waals surface area contributed by atoms with Crippen molar-refractivity contribution in [2.45, 2.75) is 48.3 Å². The van der Waals surface area contributed by atoms with Gasteiger partial charge in [-0.05, 0) is 50.9 Å². The second-order valence-electron chi connectivity index (χ2n) is 5.39. The molecule has 2 fully saturated rings. The third kappa shape index (κ3) is 2.39. The lowest BCUT2D eigenvalue weighted by atomic mass is 9.93. The highest BCUT2D eigenvalue weighted by molar-refractivity contribution is 7.85. The van der Waals surface area contributed by atoms with Crippen LogP contribution in [0.15, 0.2) is 35.2 Å². The second-order valence-corrected chi connectivity index (χ2v) is 7.06. The molecule has 0 aliphatic carbocycles. The number of hydrogen-bond acceptors (Lipinski definition) is 2. The maximum absolute atomic E-state index is 12.7. The molecule has 2 saturated heterocycles. The van der Waals surface area contributed by atoms with Gasteiger partial charge in [-0.15, -0.1) is 0 Å². The van der Waals surface area contributed by atoms with E-state index in [0.29, 0.717) is 11.3 Å². The van der Waals surface area contributed by atoms with Crippen LogP contribution < -0.4 is 0 Å². The van der Waals surface area contributed by atoms with Crippen molar-refractivity contribution in [3.05, 3.63) is 30.3 Å². The van der Waals surface area contributed by atoms with Gasteiger partial charge in [0, 0.05) is 10.9 Å². The van der Waals surface area contributed by atoms with Crippen LogP contribution in [-0.4, -0.2) is 33.5 Å². The van der Waals surface area contributed by atoms with Crippen molar-refractivity contribution in [1.82, 2.24) is 4.90 Å². The van der Waals surface area contributed by atoms with Gasteiger partial charge in [0.25, 0.3) is 0 Å². The molecule has 0 radical (unpaired) electrons. The van der Waals surface area contributed by atoms with E-state index in [0.717, 1.165) is 11.3 Å². The lowest BCUT2D eigenvalue weighted by molar-refractivity contribution is 0.113. The molecule has 18 heavy (non-hydrogen) atoms. The van der Waals surface area contributed by atoms with Gasteiger partial charge < -0.3 is 0 Å². The van der Waals surface area contributed by atoms with Crippen LogP contribution in [0.3, 0.4) is 0 Å². The van der Waals surface area contributed by atoms with Crippen LogP contribution in [0.1, 0.15) is 32.1 Å². The number of piperidine rings is 2. The number of nitrogens with zero attached hydrogens (tertiary/aromatic N) is 1. The molecule has 1 aromatic carbocycles. The van der Waals surface area contributed by atoms with Crippen molar-refractivity contribution < 1.29 is 4.21 Å². The summed E-state index contributed by atoms with van der Waals surface area (Å²) in [4.78, 5) is 3.59. The summed E-state index contributed by atoms with van der Waals surface area (Å²) >= 11 is 0. The molecule has 2 aliphatic heterocycles. The Morgan fingerprint density at radius 3 is 2.61 bits per heavy atom. The van der Waals surface area contributed by atoms with Crippen LogP contribution in [0.5, 0.6) is 0 Å². The van der Waals surface area contributed by atoms with E-state index in [4.69, 9.17) is 0 Å². The zero-order chi connectivity index (χ0) is 12.4. The third-order valence-electron chi connectivity index (χ3n) is 4.28. The lowest BCUT2D eigenvalue weighted by Crippen LogP contribution is -2.51. The van der Waals surface area contributed by atoms with Gasteiger partial charge >= 0.3 is 0 Å². The first-order chi connectivity index (χ1) is 8.86. The van der Waals surface area contributed by atoms with Crippen molar-refractivity contribution in [3.63, 3.8) is 0 Å². The smallest absolute Gasteiger partial charge is 0.0576 e. The quantitative estimate of drug-likeness (QED) is 0.818. The van der Waals surface area contributed by atoms with Gasteiger partial charge in [-0.1, -0.05) is 24.6 Å². The van der Waals surface area contributed by atoms with Gasteiger partial charge in [-0.3, -0.25) is 9.11 Å². The fourth-order valence-corrected chi connectivity index (χ4v) is 5.13. The van der Waals surface area contributed by atoms with E-state index >= 15 is 0 Å². The molecule has 2 heterocycles. The SMILES string of the molecule is O=S(c1ccccc1)[C@@H]1CCCN2CCCC[C@H]12. The Morgan fingerprint density at radius 1 is 1.00 bits per heavy atom. The first-order valence-electron chi connectivity index (χ1n) is 7.06. The molecule has 0 saturated carbocycles. The van der Waals surface area contributed by atoms with Crippen LogP contribution in [0.25, 0.3) is 0 Å². The Hall–Kier alpha value is -0.670. The first-order valence-corrected chi connectivity index (χ1v) is 8.27. The zero-order valence-electron chi connectivity index (χ0n) is 10.8. The van der Waals surface area contributed by atoms with E-state index in [-0.39, 0.29) is 0 Å². The van der Waals surface area contributed by atoms with Crippen LogP contribution in [0.2, 0.25) is 0 Å². The molecule has 3 atom stereocenters. The van der Waals surface area contributed by atoms with Gasteiger partial charge in [0.05, 0.1) is 16.0 Å². The summed E-state index contributed by atoms with van der Waals surface area (Å²) in [6.45, 7) is 2.43. The summed E-state index contributed by atoms with van der Waals surface area (Å²) in [7, 11) is -0.830. The molecule has 0 bridgehead atoms. The highest BCUT2D eigenvalue weighted by atomic mass is 32.2. The summed E-state index contributed by atoms with van der Waals surface area (Å²) < 4.78 is 12.7. The molecule has 3 rings (SSSR count). The summed E-state index contributed by atoms with van der Waals surface area (Å²) in [5.74, 6) is 0. The fraction of sp³-hybridized carbons (Fsp3) is 0.600. The van der Waals surface area contributed by atoms with E-state index in [9.17, 15) is 4.21 Å². The standard InChI is InChI=1S/C15H21NOS/c17-18(13-7-2-1-3-8-13)15-10-6-12-16-11-5-4-9-14(15)16/h1-3,7-8,14-15H,4-6,9-12H2/t14-,15-,18?/m1/s1. The van der Waals surface area contributed by atoms with Crippen molar-refractivity contribution in [1.29, 1.82) is 0 Å². The molecule has 1 aromatic rings. The van der Waals surface area contributed by atoms with Crippen LogP contribution in [-0.2, 0) is 10.8 Å². The molecule has 1 unspecified atom stereocenters. The summed E-state index contributed by atoms with van der Waals surface area (Å²) in [6.07, 6.45) is 6.20. The van der Waals surface area contributed by atoms with E-state index in [2.05, 4.69) is 4.90 Å². The highest BCUT2D eigenvalue weighted by Crippen LogP contribution is 2.31. The Balaban J connectivity index is 1.80. The number of benzene rings is 1. The molecule has 0 amide bonds. The molecule has 0 aromatic heterocycles. The molecule has 0 N–H and O–H groups in total. The summed E-state index contributed by atoms with van der Waals surface area (Å²) in [6, 6.07) is 10.6. The van der Waals surface area contributed by atoms with Gasteiger partial charge in [0.2, 0.25) is 0 Å². The average molecular weight is 263 g/mol.